The number of benzene rings is 2. The zero-order valence-corrected chi connectivity index (χ0v) is 25.4. The molecule has 6 N–H and O–H groups in total. The van der Waals surface area contributed by atoms with E-state index in [1.165, 1.54) is 11.0 Å². The smallest absolute Gasteiger partial charge is 0.255 e. The number of fused-ring (bicyclic) bond motifs is 3. The molecule has 1 saturated carbocycles. The first-order valence-corrected chi connectivity index (χ1v) is 14.9. The molecule has 12 nitrogen and oxygen atoms in total. The Morgan fingerprint density at radius 1 is 1.11 bits per heavy atom. The number of amides is 1. The summed E-state index contributed by atoms with van der Waals surface area (Å²) in [5, 5.41) is 45.5. The maximum Gasteiger partial charge on any atom is 0.255 e. The highest BCUT2D eigenvalue weighted by Crippen LogP contribution is 2.54. The van der Waals surface area contributed by atoms with Gasteiger partial charge in [0, 0.05) is 36.7 Å². The average Bonchev–Trinajstić information content (AvgIpc) is 2.99. The molecule has 1 amide bonds. The Bertz CT molecular complexity index is 1670. The number of Topliss-reactive ketones (excluding diaryl/α,β-unsaturated/α-hetero) is 2. The summed E-state index contributed by atoms with van der Waals surface area (Å²) in [6, 6.07) is 7.89. The van der Waals surface area contributed by atoms with Crippen LogP contribution in [0.5, 0.6) is 11.5 Å². The van der Waals surface area contributed by atoms with E-state index < -0.39 is 58.0 Å². The van der Waals surface area contributed by atoms with Crippen LogP contribution in [0.3, 0.4) is 0 Å². The van der Waals surface area contributed by atoms with Gasteiger partial charge in [0.05, 0.1) is 31.9 Å². The number of phenols is 1. The third-order valence-corrected chi connectivity index (χ3v) is 9.67. The van der Waals surface area contributed by atoms with Crippen molar-refractivity contribution in [3.8, 4) is 22.6 Å². The molecule has 238 valence electrons. The fraction of sp³-hybridized carbons (Fsp3) is 0.424. The number of ether oxygens (including phenoxy) is 2. The van der Waals surface area contributed by atoms with Crippen molar-refractivity contribution in [2.75, 3.05) is 47.5 Å². The minimum atomic E-state index is -2.69. The van der Waals surface area contributed by atoms with Crippen LogP contribution < -0.4 is 10.5 Å². The molecule has 2 aromatic carbocycles. The van der Waals surface area contributed by atoms with Crippen LogP contribution >= 0.6 is 0 Å². The lowest BCUT2D eigenvalue weighted by Crippen LogP contribution is -2.65. The van der Waals surface area contributed by atoms with E-state index in [0.29, 0.717) is 36.6 Å². The summed E-state index contributed by atoms with van der Waals surface area (Å²) < 4.78 is 11.2. The summed E-state index contributed by atoms with van der Waals surface area (Å²) in [4.78, 5) is 43.5. The Balaban J connectivity index is 1.49. The summed E-state index contributed by atoms with van der Waals surface area (Å²) in [7, 11) is 4.70. The molecule has 0 spiro atoms. The molecule has 12 heteroatoms. The van der Waals surface area contributed by atoms with Gasteiger partial charge in [-0.15, -0.1) is 0 Å². The van der Waals surface area contributed by atoms with Crippen molar-refractivity contribution in [1.82, 2.24) is 9.80 Å². The minimum absolute atomic E-state index is 0.00899. The normalized spacial score (nSPS) is 26.9. The Labute approximate surface area is 259 Å². The number of morpholine rings is 1. The molecular weight excluding hydrogens is 582 g/mol. The van der Waals surface area contributed by atoms with E-state index in [4.69, 9.17) is 15.2 Å². The minimum Gasteiger partial charge on any atom is -0.508 e. The summed E-state index contributed by atoms with van der Waals surface area (Å²) in [5.74, 6) is -6.28. The van der Waals surface area contributed by atoms with Crippen molar-refractivity contribution in [3.63, 3.8) is 0 Å². The lowest BCUT2D eigenvalue weighted by Gasteiger charge is -2.50. The lowest BCUT2D eigenvalue weighted by molar-refractivity contribution is -0.153. The maximum absolute atomic E-state index is 14.1. The molecule has 1 aliphatic heterocycles. The third kappa shape index (κ3) is 4.71. The van der Waals surface area contributed by atoms with Crippen LogP contribution in [0.2, 0.25) is 0 Å². The Morgan fingerprint density at radius 2 is 1.82 bits per heavy atom. The molecule has 2 aromatic rings. The second-order valence-electron chi connectivity index (χ2n) is 12.4. The summed E-state index contributed by atoms with van der Waals surface area (Å²) >= 11 is 0. The SMILES string of the molecule is COc1ccc(CN2CCOCC2)cc1-c1ccc(O)c2c1C[C@@H]1C[C@@H]3[C@@H](N(C)C)C(=O)C(C(N)=O)=C(O)[C@]3(O)C(=O)C1=C2O. The number of methoxy groups -OCH3 is 1. The molecule has 1 saturated heterocycles. The molecular formula is C33H37N3O9. The topological polar surface area (TPSA) is 183 Å². The van der Waals surface area contributed by atoms with Crippen molar-refractivity contribution >= 4 is 23.2 Å². The first-order chi connectivity index (χ1) is 21.4. The highest BCUT2D eigenvalue weighted by Gasteiger charge is 2.64. The van der Waals surface area contributed by atoms with Gasteiger partial charge in [-0.05, 0) is 67.7 Å². The second kappa shape index (κ2) is 11.3. The van der Waals surface area contributed by atoms with Gasteiger partial charge in [0.25, 0.3) is 5.91 Å². The molecule has 4 aliphatic rings. The van der Waals surface area contributed by atoms with Gasteiger partial charge < -0.3 is 35.6 Å². The predicted octanol–water partition coefficient (Wildman–Crippen LogP) is 1.47. The molecule has 45 heavy (non-hydrogen) atoms. The maximum atomic E-state index is 14.1. The van der Waals surface area contributed by atoms with Gasteiger partial charge in [0.1, 0.15) is 28.6 Å². The van der Waals surface area contributed by atoms with Crippen molar-refractivity contribution < 1.29 is 44.3 Å². The average molecular weight is 620 g/mol. The molecule has 0 unspecified atom stereocenters. The van der Waals surface area contributed by atoms with E-state index in [1.54, 1.807) is 27.3 Å². The Kier molecular flexibility index (Phi) is 7.72. The van der Waals surface area contributed by atoms with Gasteiger partial charge >= 0.3 is 0 Å². The van der Waals surface area contributed by atoms with Gasteiger partial charge in [-0.1, -0.05) is 12.1 Å². The number of phenolic OH excluding ortho intramolecular Hbond substituents is 1. The second-order valence-corrected chi connectivity index (χ2v) is 12.4. The summed E-state index contributed by atoms with van der Waals surface area (Å²) in [5.41, 5.74) is 4.74. The quantitative estimate of drug-likeness (QED) is 0.295. The molecule has 0 radical (unpaired) electrons. The van der Waals surface area contributed by atoms with Crippen LogP contribution in [0, 0.1) is 11.8 Å². The van der Waals surface area contributed by atoms with Crippen molar-refractivity contribution in [3.05, 3.63) is 63.9 Å². The van der Waals surface area contributed by atoms with Crippen LogP contribution in [-0.4, -0.2) is 107 Å². The van der Waals surface area contributed by atoms with E-state index >= 15 is 0 Å². The fourth-order valence-corrected chi connectivity index (χ4v) is 7.58. The van der Waals surface area contributed by atoms with Crippen LogP contribution in [0.15, 0.2) is 47.2 Å². The summed E-state index contributed by atoms with van der Waals surface area (Å²) in [6.45, 7) is 3.63. The number of nitrogens with zero attached hydrogens (tertiary/aromatic N) is 2. The zero-order chi connectivity index (χ0) is 32.4. The monoisotopic (exact) mass is 619 g/mol. The number of aliphatic hydroxyl groups excluding tert-OH is 2. The standard InChI is InChI=1S/C33H37N3O9/c1-35(2)27-21-14-17-13-20-18(19-12-16(4-7-23(19)44-3)15-36-8-10-45-11-9-36)5-6-22(37)25(20)28(38)24(17)30(40)33(21,43)31(41)26(29(27)39)32(34)42/h4-7,12,17,21,27,37-38,41,43H,8-11,13-15H2,1-3H3,(H2,34,42)/t17-,21-,27-,33-/m1/s1. The molecule has 1 heterocycles. The third-order valence-electron chi connectivity index (χ3n) is 9.67. The number of ketones is 2. The molecule has 4 atom stereocenters. The molecule has 2 fully saturated rings. The molecule has 0 bridgehead atoms. The van der Waals surface area contributed by atoms with Crippen LogP contribution in [0.1, 0.15) is 23.1 Å². The van der Waals surface area contributed by atoms with Gasteiger partial charge in [-0.2, -0.15) is 0 Å². The first kappa shape index (κ1) is 30.8. The highest BCUT2D eigenvalue weighted by atomic mass is 16.5. The van der Waals surface area contributed by atoms with Gasteiger partial charge in [-0.3, -0.25) is 24.2 Å². The summed E-state index contributed by atoms with van der Waals surface area (Å²) in [6.07, 6.45) is 0.185. The highest BCUT2D eigenvalue weighted by molar-refractivity contribution is 6.24. The molecule has 0 aromatic heterocycles. The van der Waals surface area contributed by atoms with E-state index in [9.17, 15) is 34.8 Å². The number of nitrogens with two attached hydrogens (primary N) is 1. The van der Waals surface area contributed by atoms with Gasteiger partial charge in [0.2, 0.25) is 5.78 Å². The number of hydrogen-bond acceptors (Lipinski definition) is 11. The van der Waals surface area contributed by atoms with E-state index in [0.717, 1.165) is 24.2 Å². The number of hydrogen-bond donors (Lipinski definition) is 5. The predicted molar refractivity (Wildman–Crippen MR) is 162 cm³/mol. The van der Waals surface area contributed by atoms with Crippen molar-refractivity contribution in [1.29, 1.82) is 0 Å². The first-order valence-electron chi connectivity index (χ1n) is 14.9. The number of carbonyl (C=O) groups excluding carboxylic acids is 3. The number of primary amides is 1. The largest absolute Gasteiger partial charge is 0.508 e. The van der Waals surface area contributed by atoms with Crippen molar-refractivity contribution in [2.24, 2.45) is 17.6 Å². The van der Waals surface area contributed by atoms with E-state index in [-0.39, 0.29) is 29.7 Å². The van der Waals surface area contributed by atoms with Gasteiger partial charge in [-0.25, -0.2) is 0 Å². The lowest BCUT2D eigenvalue weighted by atomic mass is 9.57. The fourth-order valence-electron chi connectivity index (χ4n) is 7.58. The number of aromatic hydroxyl groups is 1. The number of rotatable bonds is 6. The Hall–Kier alpha value is -4.23. The Morgan fingerprint density at radius 3 is 2.47 bits per heavy atom. The molecule has 6 rings (SSSR count). The van der Waals surface area contributed by atoms with E-state index in [2.05, 4.69) is 4.90 Å². The zero-order valence-electron chi connectivity index (χ0n) is 25.4. The number of carbonyl (C=O) groups is 3. The number of aliphatic hydroxyl groups is 3. The van der Waals surface area contributed by atoms with Crippen LogP contribution in [-0.2, 0) is 32.1 Å². The van der Waals surface area contributed by atoms with Crippen LogP contribution in [0.4, 0.5) is 0 Å². The van der Waals surface area contributed by atoms with Crippen LogP contribution in [0.25, 0.3) is 16.9 Å². The number of likely N-dealkylation sites (N-methyl/N-ethyl adjacent to an activating group) is 1. The van der Waals surface area contributed by atoms with Gasteiger partial charge in [0.15, 0.2) is 11.4 Å². The van der Waals surface area contributed by atoms with Crippen molar-refractivity contribution in [2.45, 2.75) is 31.0 Å². The van der Waals surface area contributed by atoms with E-state index in [1.807, 2.05) is 18.2 Å². The molecule has 3 aliphatic carbocycles.